The van der Waals surface area contributed by atoms with Crippen LogP contribution in [0, 0.1) is 12.8 Å². The van der Waals surface area contributed by atoms with Crippen LogP contribution in [0.25, 0.3) is 0 Å². The minimum absolute atomic E-state index is 0.158. The number of hydrogen-bond donors (Lipinski definition) is 1. The molecule has 0 aromatic heterocycles. The van der Waals surface area contributed by atoms with Gasteiger partial charge in [-0.2, -0.15) is 16.1 Å². The predicted molar refractivity (Wildman–Crippen MR) is 105 cm³/mol. The number of benzene rings is 1. The molecule has 27 heavy (non-hydrogen) atoms. The predicted octanol–water partition coefficient (Wildman–Crippen LogP) is 1.41. The third-order valence-corrected chi connectivity index (χ3v) is 7.37. The molecule has 1 heterocycles. The van der Waals surface area contributed by atoms with Crippen LogP contribution in [0.2, 0.25) is 0 Å². The summed E-state index contributed by atoms with van der Waals surface area (Å²) in [6, 6.07) is 4.86. The fraction of sp³-hybridized carbons (Fsp3) is 0.556. The van der Waals surface area contributed by atoms with Crippen LogP contribution < -0.4 is 5.32 Å². The van der Waals surface area contributed by atoms with Crippen molar-refractivity contribution in [2.75, 3.05) is 25.2 Å². The van der Waals surface area contributed by atoms with E-state index in [4.69, 9.17) is 4.74 Å². The lowest BCUT2D eigenvalue weighted by Crippen LogP contribution is -2.57. The van der Waals surface area contributed by atoms with Gasteiger partial charge in [0.1, 0.15) is 12.1 Å². The molecule has 1 amide bonds. The monoisotopic (exact) mass is 414 g/mol. The molecule has 0 radical (unpaired) electrons. The van der Waals surface area contributed by atoms with Gasteiger partial charge in [-0.05, 0) is 25.0 Å². The lowest BCUT2D eigenvalue weighted by atomic mass is 10.0. The number of sulfonamides is 1. The third-order valence-electron chi connectivity index (χ3n) is 4.43. The van der Waals surface area contributed by atoms with Crippen LogP contribution in [0.1, 0.15) is 19.4 Å². The van der Waals surface area contributed by atoms with Gasteiger partial charge >= 0.3 is 5.97 Å². The standard InChI is InChI=1S/C18H26N2O5S2/c1-12(2)16(18(22)25-4)19-17(21)15-11-26-10-9-20(15)27(23,24)14-7-5-13(3)6-8-14/h5-8,12,15-16H,9-11H2,1-4H3,(H,19,21)/t15-,16-/m0/s1. The van der Waals surface area contributed by atoms with Crippen molar-refractivity contribution in [3.8, 4) is 0 Å². The second-order valence-electron chi connectivity index (χ2n) is 6.77. The van der Waals surface area contributed by atoms with Crippen molar-refractivity contribution in [2.45, 2.75) is 37.8 Å². The van der Waals surface area contributed by atoms with E-state index in [9.17, 15) is 18.0 Å². The summed E-state index contributed by atoms with van der Waals surface area (Å²) < 4.78 is 32.1. The highest BCUT2D eigenvalue weighted by Crippen LogP contribution is 2.25. The average molecular weight is 415 g/mol. The van der Waals surface area contributed by atoms with Crippen LogP contribution in [-0.4, -0.2) is 61.8 Å². The number of aryl methyl sites for hydroxylation is 1. The number of nitrogens with zero attached hydrogens (tertiary/aromatic N) is 1. The molecule has 0 unspecified atom stereocenters. The SMILES string of the molecule is COC(=O)[C@@H](NC(=O)[C@@H]1CSCCN1S(=O)(=O)c1ccc(C)cc1)C(C)C. The van der Waals surface area contributed by atoms with Crippen LogP contribution >= 0.6 is 11.8 Å². The number of rotatable bonds is 6. The maximum Gasteiger partial charge on any atom is 0.328 e. The molecule has 7 nitrogen and oxygen atoms in total. The summed E-state index contributed by atoms with van der Waals surface area (Å²) in [7, 11) is -2.55. The minimum atomic E-state index is -3.81. The molecule has 0 saturated carbocycles. The number of ether oxygens (including phenoxy) is 1. The van der Waals surface area contributed by atoms with E-state index >= 15 is 0 Å². The first-order valence-corrected chi connectivity index (χ1v) is 11.3. The van der Waals surface area contributed by atoms with Crippen molar-refractivity contribution < 1.29 is 22.7 Å². The van der Waals surface area contributed by atoms with Gasteiger partial charge in [-0.1, -0.05) is 31.5 Å². The van der Waals surface area contributed by atoms with Crippen molar-refractivity contribution in [1.29, 1.82) is 0 Å². The van der Waals surface area contributed by atoms with Gasteiger partial charge in [0.05, 0.1) is 12.0 Å². The summed E-state index contributed by atoms with van der Waals surface area (Å²) >= 11 is 1.52. The first-order valence-electron chi connectivity index (χ1n) is 8.73. The Bertz CT molecular complexity index is 777. The normalized spacial score (nSPS) is 19.5. The molecule has 1 saturated heterocycles. The van der Waals surface area contributed by atoms with Gasteiger partial charge in [-0.25, -0.2) is 13.2 Å². The number of carbonyl (C=O) groups excluding carboxylic acids is 2. The van der Waals surface area contributed by atoms with E-state index in [0.717, 1.165) is 5.56 Å². The Morgan fingerprint density at radius 1 is 1.26 bits per heavy atom. The maximum atomic E-state index is 13.1. The molecule has 0 bridgehead atoms. The molecule has 9 heteroatoms. The van der Waals surface area contributed by atoms with Crippen molar-refractivity contribution in [3.05, 3.63) is 29.8 Å². The highest BCUT2D eigenvalue weighted by atomic mass is 32.2. The smallest absolute Gasteiger partial charge is 0.328 e. The van der Waals surface area contributed by atoms with Crippen LogP contribution in [0.3, 0.4) is 0 Å². The van der Waals surface area contributed by atoms with Gasteiger partial charge in [0.2, 0.25) is 15.9 Å². The quantitative estimate of drug-likeness (QED) is 0.708. The largest absolute Gasteiger partial charge is 0.467 e. The Hall–Kier alpha value is -1.58. The number of amides is 1. The van der Waals surface area contributed by atoms with E-state index in [1.165, 1.54) is 23.2 Å². The zero-order valence-electron chi connectivity index (χ0n) is 16.0. The average Bonchev–Trinajstić information content (AvgIpc) is 2.65. The zero-order chi connectivity index (χ0) is 20.2. The molecule has 1 aliphatic heterocycles. The van der Waals surface area contributed by atoms with E-state index in [0.29, 0.717) is 11.5 Å². The van der Waals surface area contributed by atoms with Gasteiger partial charge in [0, 0.05) is 18.1 Å². The number of esters is 1. The molecule has 150 valence electrons. The van der Waals surface area contributed by atoms with Crippen molar-refractivity contribution >= 4 is 33.7 Å². The number of thioether (sulfide) groups is 1. The second-order valence-corrected chi connectivity index (χ2v) is 9.81. The van der Waals surface area contributed by atoms with Crippen LogP contribution in [0.4, 0.5) is 0 Å². The molecular weight excluding hydrogens is 388 g/mol. The fourth-order valence-electron chi connectivity index (χ4n) is 2.80. The van der Waals surface area contributed by atoms with Gasteiger partial charge in [-0.3, -0.25) is 4.79 Å². The number of carbonyl (C=O) groups is 2. The fourth-order valence-corrected chi connectivity index (χ4v) is 5.65. The van der Waals surface area contributed by atoms with Crippen molar-refractivity contribution in [3.63, 3.8) is 0 Å². The van der Waals surface area contributed by atoms with E-state index < -0.39 is 34.0 Å². The molecular formula is C18H26N2O5S2. The van der Waals surface area contributed by atoms with E-state index in [1.807, 2.05) is 6.92 Å². The Morgan fingerprint density at radius 3 is 2.44 bits per heavy atom. The first kappa shape index (κ1) is 21.7. The molecule has 2 rings (SSSR count). The Labute approximate surface area is 164 Å². The highest BCUT2D eigenvalue weighted by Gasteiger charge is 2.39. The van der Waals surface area contributed by atoms with Crippen molar-refractivity contribution in [1.82, 2.24) is 9.62 Å². The number of methoxy groups -OCH3 is 1. The van der Waals surface area contributed by atoms with E-state index in [2.05, 4.69) is 5.32 Å². The molecule has 2 atom stereocenters. The molecule has 1 aliphatic rings. The van der Waals surface area contributed by atoms with Crippen LogP contribution in [0.5, 0.6) is 0 Å². The lowest BCUT2D eigenvalue weighted by Gasteiger charge is -2.34. The highest BCUT2D eigenvalue weighted by molar-refractivity contribution is 7.99. The lowest BCUT2D eigenvalue weighted by molar-refractivity contribution is -0.146. The summed E-state index contributed by atoms with van der Waals surface area (Å²) in [5.74, 6) is -0.265. The Kier molecular flexibility index (Phi) is 7.30. The summed E-state index contributed by atoms with van der Waals surface area (Å²) in [5.41, 5.74) is 0.954. The molecule has 0 aliphatic carbocycles. The molecule has 1 aromatic rings. The van der Waals surface area contributed by atoms with Crippen LogP contribution in [-0.2, 0) is 24.3 Å². The summed E-state index contributed by atoms with van der Waals surface area (Å²) in [6.45, 7) is 5.70. The molecule has 1 fully saturated rings. The van der Waals surface area contributed by atoms with Gasteiger partial charge in [-0.15, -0.1) is 0 Å². The zero-order valence-corrected chi connectivity index (χ0v) is 17.6. The summed E-state index contributed by atoms with van der Waals surface area (Å²) in [5, 5.41) is 2.67. The summed E-state index contributed by atoms with van der Waals surface area (Å²) in [4.78, 5) is 24.9. The Balaban J connectivity index is 2.27. The third kappa shape index (κ3) is 5.03. The first-order chi connectivity index (χ1) is 12.7. The van der Waals surface area contributed by atoms with Gasteiger partial charge < -0.3 is 10.1 Å². The maximum absolute atomic E-state index is 13.1. The van der Waals surface area contributed by atoms with Crippen molar-refractivity contribution in [2.24, 2.45) is 5.92 Å². The number of nitrogens with one attached hydrogen (secondary N) is 1. The van der Waals surface area contributed by atoms with Gasteiger partial charge in [0.15, 0.2) is 0 Å². The molecule has 1 aromatic carbocycles. The Morgan fingerprint density at radius 2 is 1.89 bits per heavy atom. The van der Waals surface area contributed by atoms with E-state index in [1.54, 1.807) is 38.1 Å². The number of hydrogen-bond acceptors (Lipinski definition) is 6. The molecule has 0 spiro atoms. The second kappa shape index (κ2) is 9.07. The topological polar surface area (TPSA) is 92.8 Å². The molecule has 1 N–H and O–H groups in total. The van der Waals surface area contributed by atoms with Gasteiger partial charge in [0.25, 0.3) is 0 Å². The van der Waals surface area contributed by atoms with E-state index in [-0.39, 0.29) is 17.4 Å². The van der Waals surface area contributed by atoms with Crippen LogP contribution in [0.15, 0.2) is 29.2 Å². The summed E-state index contributed by atoms with van der Waals surface area (Å²) in [6.07, 6.45) is 0. The minimum Gasteiger partial charge on any atom is -0.467 e.